The van der Waals surface area contributed by atoms with E-state index in [1.54, 1.807) is 7.11 Å². The second-order valence-corrected chi connectivity index (χ2v) is 10.9. The topological polar surface area (TPSA) is 92.8 Å². The van der Waals surface area contributed by atoms with Crippen molar-refractivity contribution < 1.29 is 21.6 Å². The Balaban J connectivity index is 1.85. The number of nitrogens with one attached hydrogen (secondary N) is 1. The fraction of sp³-hybridized carbons (Fsp3) is 0.400. The molecule has 1 heterocycles. The average Bonchev–Trinajstić information content (AvgIpc) is 3.22. The molecule has 3 rings (SSSR count). The summed E-state index contributed by atoms with van der Waals surface area (Å²) < 4.78 is 57.2. The van der Waals surface area contributed by atoms with E-state index >= 15 is 0 Å². The third-order valence-corrected chi connectivity index (χ3v) is 7.60. The van der Waals surface area contributed by atoms with Gasteiger partial charge in [0.05, 0.1) is 16.9 Å². The lowest BCUT2D eigenvalue weighted by molar-refractivity contribution is 0.246. The van der Waals surface area contributed by atoms with E-state index < -0.39 is 19.9 Å². The molecule has 1 atom stereocenters. The second kappa shape index (κ2) is 8.83. The van der Waals surface area contributed by atoms with Crippen molar-refractivity contribution in [1.29, 1.82) is 0 Å². The van der Waals surface area contributed by atoms with Gasteiger partial charge in [-0.15, -0.1) is 0 Å². The van der Waals surface area contributed by atoms with Gasteiger partial charge in [0.25, 0.3) is 0 Å². The summed E-state index contributed by atoms with van der Waals surface area (Å²) in [5.41, 5.74) is 0.971. The van der Waals surface area contributed by atoms with Crippen LogP contribution in [0.25, 0.3) is 0 Å². The van der Waals surface area contributed by atoms with E-state index in [9.17, 15) is 16.8 Å². The Bertz CT molecular complexity index is 1060. The molecule has 1 aliphatic heterocycles. The van der Waals surface area contributed by atoms with Gasteiger partial charge in [-0.3, -0.25) is 4.90 Å². The quantitative estimate of drug-likeness (QED) is 0.679. The summed E-state index contributed by atoms with van der Waals surface area (Å²) in [5.74, 6) is 0.718. The molecule has 1 N–H and O–H groups in total. The van der Waals surface area contributed by atoms with Gasteiger partial charge in [-0.05, 0) is 61.8 Å². The zero-order chi connectivity index (χ0) is 21.1. The molecule has 0 spiro atoms. The number of nitrogens with zero attached hydrogens (tertiary/aromatic N) is 1. The lowest BCUT2D eigenvalue weighted by atomic mass is 10.1. The molecule has 2 aromatic carbocycles. The fourth-order valence-electron chi connectivity index (χ4n) is 3.50. The first-order valence-corrected chi connectivity index (χ1v) is 12.8. The maximum absolute atomic E-state index is 12.8. The minimum absolute atomic E-state index is 0.0238. The Labute approximate surface area is 172 Å². The molecular weight excluding hydrogens is 412 g/mol. The lowest BCUT2D eigenvalue weighted by Crippen LogP contribution is -2.36. The molecule has 158 valence electrons. The Morgan fingerprint density at radius 2 is 1.66 bits per heavy atom. The van der Waals surface area contributed by atoms with Crippen LogP contribution in [-0.2, 0) is 19.9 Å². The van der Waals surface area contributed by atoms with Crippen LogP contribution < -0.4 is 9.46 Å². The number of benzene rings is 2. The Kier molecular flexibility index (Phi) is 6.62. The second-order valence-electron chi connectivity index (χ2n) is 7.13. The first-order chi connectivity index (χ1) is 13.7. The summed E-state index contributed by atoms with van der Waals surface area (Å²) in [6.45, 7) is 1.97. The van der Waals surface area contributed by atoms with Gasteiger partial charge in [0.1, 0.15) is 5.75 Å². The van der Waals surface area contributed by atoms with Crippen LogP contribution in [-0.4, -0.2) is 54.7 Å². The van der Waals surface area contributed by atoms with E-state index in [4.69, 9.17) is 4.74 Å². The molecule has 0 aromatic heterocycles. The molecule has 1 fully saturated rings. The van der Waals surface area contributed by atoms with Crippen LogP contribution in [0.4, 0.5) is 0 Å². The summed E-state index contributed by atoms with van der Waals surface area (Å²) in [6, 6.07) is 12.9. The van der Waals surface area contributed by atoms with Crippen LogP contribution in [0.3, 0.4) is 0 Å². The summed E-state index contributed by atoms with van der Waals surface area (Å²) in [5, 5.41) is 0. The monoisotopic (exact) mass is 438 g/mol. The molecule has 1 aliphatic rings. The number of likely N-dealkylation sites (tertiary alicyclic amines) is 1. The number of hydrogen-bond acceptors (Lipinski definition) is 6. The predicted molar refractivity (Wildman–Crippen MR) is 111 cm³/mol. The molecule has 0 saturated carbocycles. The van der Waals surface area contributed by atoms with Crippen LogP contribution in [0.2, 0.25) is 0 Å². The van der Waals surface area contributed by atoms with Crippen LogP contribution in [0.15, 0.2) is 58.3 Å². The molecule has 2 aromatic rings. The van der Waals surface area contributed by atoms with E-state index in [1.807, 2.05) is 24.3 Å². The number of sulfone groups is 1. The first-order valence-electron chi connectivity index (χ1n) is 9.38. The predicted octanol–water partition coefficient (Wildman–Crippen LogP) is 2.21. The van der Waals surface area contributed by atoms with E-state index in [2.05, 4.69) is 9.62 Å². The molecule has 0 bridgehead atoms. The van der Waals surface area contributed by atoms with E-state index in [0.717, 1.165) is 43.5 Å². The fourth-order valence-corrected chi connectivity index (χ4v) is 5.33. The first kappa shape index (κ1) is 21.8. The van der Waals surface area contributed by atoms with E-state index in [-0.39, 0.29) is 22.4 Å². The number of rotatable bonds is 8. The number of ether oxygens (including phenoxy) is 1. The molecule has 9 heteroatoms. The van der Waals surface area contributed by atoms with E-state index in [0.29, 0.717) is 0 Å². The number of sulfonamides is 1. The van der Waals surface area contributed by atoms with Crippen LogP contribution in [0.5, 0.6) is 5.75 Å². The van der Waals surface area contributed by atoms with Gasteiger partial charge in [0.15, 0.2) is 9.84 Å². The smallest absolute Gasteiger partial charge is 0.240 e. The summed E-state index contributed by atoms with van der Waals surface area (Å²) in [6.07, 6.45) is 3.20. The van der Waals surface area contributed by atoms with Crippen molar-refractivity contribution in [1.82, 2.24) is 9.62 Å². The third-order valence-electron chi connectivity index (χ3n) is 5.07. The maximum Gasteiger partial charge on any atom is 0.240 e. The summed E-state index contributed by atoms with van der Waals surface area (Å²) >= 11 is 0. The molecule has 1 unspecified atom stereocenters. The number of methoxy groups -OCH3 is 1. The Hall–Kier alpha value is -1.94. The van der Waals surface area contributed by atoms with Crippen molar-refractivity contribution in [3.63, 3.8) is 0 Å². The van der Waals surface area contributed by atoms with Crippen molar-refractivity contribution in [2.24, 2.45) is 0 Å². The van der Waals surface area contributed by atoms with Gasteiger partial charge in [-0.2, -0.15) is 0 Å². The average molecular weight is 439 g/mol. The maximum atomic E-state index is 12.8. The van der Waals surface area contributed by atoms with Gasteiger partial charge >= 0.3 is 0 Å². The molecule has 0 aliphatic carbocycles. The minimum atomic E-state index is -3.86. The summed E-state index contributed by atoms with van der Waals surface area (Å²) in [7, 11) is -5.76. The Morgan fingerprint density at radius 3 is 2.31 bits per heavy atom. The van der Waals surface area contributed by atoms with Crippen LogP contribution >= 0.6 is 0 Å². The zero-order valence-electron chi connectivity index (χ0n) is 16.5. The number of hydrogen-bond donors (Lipinski definition) is 1. The Morgan fingerprint density at radius 1 is 1.00 bits per heavy atom. The van der Waals surface area contributed by atoms with Gasteiger partial charge < -0.3 is 4.74 Å². The van der Waals surface area contributed by atoms with E-state index in [1.165, 1.54) is 24.3 Å². The molecular formula is C20H26N2O5S2. The van der Waals surface area contributed by atoms with Crippen molar-refractivity contribution in [3.8, 4) is 5.75 Å². The summed E-state index contributed by atoms with van der Waals surface area (Å²) in [4.78, 5) is 2.17. The molecule has 29 heavy (non-hydrogen) atoms. The standard InChI is InChI=1S/C20H26N2O5S2/c1-27-17-8-5-7-16(13-17)20(22-11-3-4-12-22)15-21-29(25,26)19-10-6-9-18(14-19)28(2,23)24/h5-10,13-14,20-21H,3-4,11-12,15H2,1-2H3. The van der Waals surface area contributed by atoms with Gasteiger partial charge in [-0.1, -0.05) is 18.2 Å². The van der Waals surface area contributed by atoms with Gasteiger partial charge in [-0.25, -0.2) is 21.6 Å². The van der Waals surface area contributed by atoms with Gasteiger partial charge in [0, 0.05) is 18.8 Å². The van der Waals surface area contributed by atoms with Crippen molar-refractivity contribution in [2.75, 3.05) is 33.0 Å². The van der Waals surface area contributed by atoms with Crippen molar-refractivity contribution in [3.05, 3.63) is 54.1 Å². The van der Waals surface area contributed by atoms with Crippen molar-refractivity contribution >= 4 is 19.9 Å². The van der Waals surface area contributed by atoms with Crippen molar-refractivity contribution in [2.45, 2.75) is 28.7 Å². The lowest BCUT2D eigenvalue weighted by Gasteiger charge is -2.28. The molecule has 0 amide bonds. The molecule has 7 nitrogen and oxygen atoms in total. The highest BCUT2D eigenvalue weighted by Gasteiger charge is 2.26. The van der Waals surface area contributed by atoms with Gasteiger partial charge in [0.2, 0.25) is 10.0 Å². The highest BCUT2D eigenvalue weighted by atomic mass is 32.2. The third kappa shape index (κ3) is 5.36. The van der Waals surface area contributed by atoms with Crippen LogP contribution in [0.1, 0.15) is 24.4 Å². The highest BCUT2D eigenvalue weighted by Crippen LogP contribution is 2.27. The molecule has 1 saturated heterocycles. The minimum Gasteiger partial charge on any atom is -0.497 e. The highest BCUT2D eigenvalue weighted by molar-refractivity contribution is 7.91. The normalized spacial score (nSPS) is 16.6. The SMILES string of the molecule is COc1cccc(C(CNS(=O)(=O)c2cccc(S(C)(=O)=O)c2)N2CCCC2)c1. The van der Waals surface area contributed by atoms with Crippen LogP contribution in [0, 0.1) is 0 Å². The zero-order valence-corrected chi connectivity index (χ0v) is 18.2. The largest absolute Gasteiger partial charge is 0.497 e. The molecule has 0 radical (unpaired) electrons.